The summed E-state index contributed by atoms with van der Waals surface area (Å²) in [7, 11) is 4.23. The van der Waals surface area contributed by atoms with Crippen LogP contribution in [0.4, 0.5) is 11.4 Å². The molecule has 2 heterocycles. The number of carbonyl (C=O) groups excluding carboxylic acids is 1. The Balaban J connectivity index is 1.57. The fraction of sp³-hybridized carbons (Fsp3) is 0.280. The van der Waals surface area contributed by atoms with Crippen molar-refractivity contribution >= 4 is 22.9 Å². The Morgan fingerprint density at radius 1 is 1.07 bits per heavy atom. The van der Waals surface area contributed by atoms with Crippen molar-refractivity contribution in [3.05, 3.63) is 83.8 Å². The van der Waals surface area contributed by atoms with Crippen LogP contribution in [-0.2, 0) is 11.2 Å². The van der Waals surface area contributed by atoms with E-state index in [9.17, 15) is 4.79 Å². The highest BCUT2D eigenvalue weighted by Crippen LogP contribution is 2.39. The van der Waals surface area contributed by atoms with Crippen LogP contribution in [0, 0.1) is 0 Å². The van der Waals surface area contributed by atoms with E-state index in [-0.39, 0.29) is 0 Å². The maximum atomic E-state index is 11.7. The molecule has 4 rings (SSSR count). The second kappa shape index (κ2) is 8.42. The van der Waals surface area contributed by atoms with Gasteiger partial charge in [-0.05, 0) is 30.3 Å². The number of nitrogens with zero attached hydrogens (tertiary/aromatic N) is 3. The number of fused-ring (bicyclic) bond motifs is 2. The van der Waals surface area contributed by atoms with Gasteiger partial charge in [-0.1, -0.05) is 42.5 Å². The van der Waals surface area contributed by atoms with E-state index in [0.29, 0.717) is 6.42 Å². The molecule has 2 aromatic carbocycles. The minimum Gasteiger partial charge on any atom is -0.376 e. The van der Waals surface area contributed by atoms with Gasteiger partial charge in [0.05, 0.1) is 0 Å². The van der Waals surface area contributed by atoms with Crippen molar-refractivity contribution in [2.45, 2.75) is 19.3 Å². The molecule has 0 amide bonds. The largest absolute Gasteiger partial charge is 0.376 e. The third-order valence-corrected chi connectivity index (χ3v) is 5.68. The van der Waals surface area contributed by atoms with E-state index in [2.05, 4.69) is 77.5 Å². The summed E-state index contributed by atoms with van der Waals surface area (Å²) in [6, 6.07) is 16.6. The summed E-state index contributed by atoms with van der Waals surface area (Å²) >= 11 is 0. The van der Waals surface area contributed by atoms with Gasteiger partial charge < -0.3 is 14.7 Å². The number of anilines is 2. The fourth-order valence-corrected chi connectivity index (χ4v) is 4.17. The fourth-order valence-electron chi connectivity index (χ4n) is 4.17. The lowest BCUT2D eigenvalue weighted by atomic mass is 10.00. The van der Waals surface area contributed by atoms with Crippen LogP contribution in [0.2, 0.25) is 0 Å². The molecule has 0 aliphatic carbocycles. The third kappa shape index (κ3) is 3.98. The average Bonchev–Trinajstić information content (AvgIpc) is 2.88. The molecule has 4 nitrogen and oxygen atoms in total. The molecule has 0 bridgehead atoms. The minimum absolute atomic E-state index is 0.624. The first kappa shape index (κ1) is 19.1. The van der Waals surface area contributed by atoms with E-state index in [4.69, 9.17) is 0 Å². The summed E-state index contributed by atoms with van der Waals surface area (Å²) in [5.74, 6) is 2.20. The number of para-hydroxylation sites is 2. The van der Waals surface area contributed by atoms with Gasteiger partial charge in [-0.25, -0.2) is 4.79 Å². The number of benzene rings is 2. The molecule has 29 heavy (non-hydrogen) atoms. The highest BCUT2D eigenvalue weighted by Gasteiger charge is 2.23. The van der Waals surface area contributed by atoms with Gasteiger partial charge in [0.1, 0.15) is 5.94 Å². The zero-order chi connectivity index (χ0) is 20.2. The minimum atomic E-state index is 0.624. The first-order valence-corrected chi connectivity index (χ1v) is 10.2. The Kier molecular flexibility index (Phi) is 5.55. The Morgan fingerprint density at radius 2 is 1.83 bits per heavy atom. The monoisotopic (exact) mass is 385 g/mol. The third-order valence-electron chi connectivity index (χ3n) is 5.68. The van der Waals surface area contributed by atoms with Gasteiger partial charge in [0.2, 0.25) is 0 Å². The molecule has 2 aromatic rings. The van der Waals surface area contributed by atoms with Gasteiger partial charge in [0.25, 0.3) is 0 Å². The summed E-state index contributed by atoms with van der Waals surface area (Å²) in [6.07, 6.45) is 9.10. The molecule has 0 saturated carbocycles. The molecule has 0 unspecified atom stereocenters. The highest BCUT2D eigenvalue weighted by atomic mass is 16.1. The summed E-state index contributed by atoms with van der Waals surface area (Å²) in [5, 5.41) is 0. The van der Waals surface area contributed by atoms with Gasteiger partial charge in [-0.3, -0.25) is 0 Å². The molecular weight excluding hydrogens is 358 g/mol. The van der Waals surface area contributed by atoms with Crippen LogP contribution in [0.25, 0.3) is 5.57 Å². The smallest absolute Gasteiger partial charge is 0.128 e. The molecule has 0 fully saturated rings. The summed E-state index contributed by atoms with van der Waals surface area (Å²) < 4.78 is 0. The first-order valence-electron chi connectivity index (χ1n) is 10.2. The molecule has 0 aromatic heterocycles. The maximum Gasteiger partial charge on any atom is 0.128 e. The molecule has 0 spiro atoms. The van der Waals surface area contributed by atoms with E-state index in [1.165, 1.54) is 16.9 Å². The second-order valence-corrected chi connectivity index (χ2v) is 7.70. The standard InChI is InChI=1S/C25H27N3O/c1-26-14-7-10-22(18-26)27(2)15-8-16-28-24-12-5-3-9-20(24)17-21(19-29)23-11-4-6-13-25(23)28/h3-7,9,11-14,18H,8,10,15-17H2,1-2H3. The van der Waals surface area contributed by atoms with Gasteiger partial charge in [0.15, 0.2) is 0 Å². The van der Waals surface area contributed by atoms with Crippen LogP contribution in [0.15, 0.2) is 72.7 Å². The molecule has 0 N–H and O–H groups in total. The van der Waals surface area contributed by atoms with Crippen molar-refractivity contribution in [2.24, 2.45) is 0 Å². The second-order valence-electron chi connectivity index (χ2n) is 7.70. The highest BCUT2D eigenvalue weighted by molar-refractivity contribution is 5.96. The van der Waals surface area contributed by atoms with Gasteiger partial charge in [-0.2, -0.15) is 0 Å². The number of rotatable bonds is 5. The normalized spacial score (nSPS) is 15.2. The van der Waals surface area contributed by atoms with Crippen molar-refractivity contribution in [3.8, 4) is 0 Å². The van der Waals surface area contributed by atoms with Crippen LogP contribution in [-0.4, -0.2) is 42.9 Å². The van der Waals surface area contributed by atoms with Crippen LogP contribution in [0.3, 0.4) is 0 Å². The molecule has 4 heteroatoms. The van der Waals surface area contributed by atoms with Gasteiger partial charge >= 0.3 is 0 Å². The van der Waals surface area contributed by atoms with E-state index < -0.39 is 0 Å². The Labute approximate surface area is 173 Å². The van der Waals surface area contributed by atoms with E-state index in [1.54, 1.807) is 0 Å². The van der Waals surface area contributed by atoms with Crippen LogP contribution >= 0.6 is 0 Å². The average molecular weight is 386 g/mol. The summed E-state index contributed by atoms with van der Waals surface area (Å²) in [6.45, 7) is 1.87. The lowest BCUT2D eigenvalue weighted by Gasteiger charge is -2.30. The predicted octanol–water partition coefficient (Wildman–Crippen LogP) is 4.61. The lowest BCUT2D eigenvalue weighted by molar-refractivity contribution is 0.387. The molecular formula is C25H27N3O. The zero-order valence-electron chi connectivity index (χ0n) is 17.1. The van der Waals surface area contributed by atoms with Crippen molar-refractivity contribution in [1.82, 2.24) is 9.80 Å². The van der Waals surface area contributed by atoms with Gasteiger partial charge in [-0.15, -0.1) is 0 Å². The van der Waals surface area contributed by atoms with Crippen molar-refractivity contribution in [3.63, 3.8) is 0 Å². The van der Waals surface area contributed by atoms with Crippen LogP contribution in [0.5, 0.6) is 0 Å². The number of hydrogen-bond acceptors (Lipinski definition) is 4. The van der Waals surface area contributed by atoms with Gasteiger partial charge in [0, 0.05) is 74.4 Å². The molecule has 0 saturated heterocycles. The Hall–Kier alpha value is -3.23. The molecule has 0 atom stereocenters. The Morgan fingerprint density at radius 3 is 2.62 bits per heavy atom. The Bertz CT molecular complexity index is 1000. The van der Waals surface area contributed by atoms with Crippen LogP contribution in [0.1, 0.15) is 24.0 Å². The topological polar surface area (TPSA) is 26.8 Å². The zero-order valence-corrected chi connectivity index (χ0v) is 17.1. The van der Waals surface area contributed by atoms with E-state index in [1.807, 2.05) is 24.3 Å². The van der Waals surface area contributed by atoms with Crippen LogP contribution < -0.4 is 4.90 Å². The SMILES string of the molecule is CN1C=CCC(N(C)CCCN2c3ccccc3CC(=C=O)c3ccccc32)=C1. The summed E-state index contributed by atoms with van der Waals surface area (Å²) in [5.41, 5.74) is 6.52. The first-order chi connectivity index (χ1) is 14.2. The van der Waals surface area contributed by atoms with Crippen molar-refractivity contribution in [1.29, 1.82) is 0 Å². The quantitative estimate of drug-likeness (QED) is 0.703. The van der Waals surface area contributed by atoms with E-state index in [0.717, 1.165) is 42.8 Å². The van der Waals surface area contributed by atoms with Crippen molar-refractivity contribution < 1.29 is 4.79 Å². The molecule has 2 aliphatic rings. The van der Waals surface area contributed by atoms with Crippen molar-refractivity contribution in [2.75, 3.05) is 32.1 Å². The maximum absolute atomic E-state index is 11.7. The molecule has 148 valence electrons. The number of hydrogen-bond donors (Lipinski definition) is 0. The molecule has 0 radical (unpaired) electrons. The number of allylic oxidation sites excluding steroid dienone is 2. The lowest BCUT2D eigenvalue weighted by Crippen LogP contribution is -2.27. The summed E-state index contributed by atoms with van der Waals surface area (Å²) in [4.78, 5) is 18.5. The predicted molar refractivity (Wildman–Crippen MR) is 120 cm³/mol. The molecule has 2 aliphatic heterocycles. The van der Waals surface area contributed by atoms with E-state index >= 15 is 0 Å².